The molecule has 0 unspecified atom stereocenters. The van der Waals surface area contributed by atoms with Gasteiger partial charge in [0, 0.05) is 11.3 Å². The molecule has 0 amide bonds. The predicted octanol–water partition coefficient (Wildman–Crippen LogP) is 4.46. The maximum absolute atomic E-state index is 4.85. The predicted molar refractivity (Wildman–Crippen MR) is 102 cm³/mol. The van der Waals surface area contributed by atoms with Gasteiger partial charge in [-0.2, -0.15) is 9.78 Å². The van der Waals surface area contributed by atoms with Gasteiger partial charge in [0.1, 0.15) is 0 Å². The summed E-state index contributed by atoms with van der Waals surface area (Å²) in [6, 6.07) is 24.8. The van der Waals surface area contributed by atoms with Gasteiger partial charge in [-0.1, -0.05) is 84.6 Å². The molecule has 0 N–H and O–H groups in total. The second-order valence-corrected chi connectivity index (χ2v) is 6.79. The van der Waals surface area contributed by atoms with E-state index in [0.29, 0.717) is 0 Å². The molecule has 0 aliphatic carbocycles. The number of hydrogen-bond donors (Lipinski definition) is 0. The molecule has 120 valence electrons. The minimum atomic E-state index is 0.785. The molecule has 0 saturated heterocycles. The molecular formula is C20H14N4S. The van der Waals surface area contributed by atoms with Crippen LogP contribution in [0.4, 0.5) is 0 Å². The minimum absolute atomic E-state index is 0.785. The van der Waals surface area contributed by atoms with Crippen LogP contribution in [0, 0.1) is 0 Å². The molecule has 0 fully saturated rings. The van der Waals surface area contributed by atoms with Crippen molar-refractivity contribution in [1.82, 2.24) is 14.9 Å². The zero-order valence-corrected chi connectivity index (χ0v) is 14.1. The van der Waals surface area contributed by atoms with Gasteiger partial charge in [-0.3, -0.25) is 0 Å². The van der Waals surface area contributed by atoms with Crippen molar-refractivity contribution in [3.63, 3.8) is 0 Å². The Bertz CT molecular complexity index is 1090. The Morgan fingerprint density at radius 3 is 2.52 bits per heavy atom. The zero-order valence-electron chi connectivity index (χ0n) is 13.3. The Balaban J connectivity index is 1.69. The van der Waals surface area contributed by atoms with Gasteiger partial charge in [-0.15, -0.1) is 10.2 Å². The molecule has 0 bridgehead atoms. The summed E-state index contributed by atoms with van der Waals surface area (Å²) in [6.45, 7) is 0. The lowest BCUT2D eigenvalue weighted by atomic mass is 10.0. The summed E-state index contributed by atoms with van der Waals surface area (Å²) < 4.78 is 1.87. The van der Waals surface area contributed by atoms with Crippen LogP contribution in [0.3, 0.4) is 0 Å². The summed E-state index contributed by atoms with van der Waals surface area (Å²) in [7, 11) is 0. The number of aromatic nitrogens is 3. The highest BCUT2D eigenvalue weighted by atomic mass is 32.2. The van der Waals surface area contributed by atoms with Gasteiger partial charge in [-0.25, -0.2) is 0 Å². The first-order chi connectivity index (χ1) is 12.4. The van der Waals surface area contributed by atoms with Gasteiger partial charge >= 0.3 is 0 Å². The molecule has 0 atom stereocenters. The molecule has 5 rings (SSSR count). The molecule has 0 saturated carbocycles. The number of fused-ring (bicyclic) bond motifs is 2. The lowest BCUT2D eigenvalue weighted by Gasteiger charge is -2.14. The Morgan fingerprint density at radius 1 is 0.800 bits per heavy atom. The highest BCUT2D eigenvalue weighted by molar-refractivity contribution is 7.99. The zero-order chi connectivity index (χ0) is 16.6. The van der Waals surface area contributed by atoms with Crippen LogP contribution in [-0.2, 0) is 0 Å². The van der Waals surface area contributed by atoms with E-state index in [9.17, 15) is 0 Å². The van der Waals surface area contributed by atoms with Crippen LogP contribution in [0.5, 0.6) is 0 Å². The van der Waals surface area contributed by atoms with Crippen LogP contribution < -0.4 is 0 Å². The lowest BCUT2D eigenvalue weighted by Crippen LogP contribution is -2.13. The molecule has 0 spiro atoms. The summed E-state index contributed by atoms with van der Waals surface area (Å²) in [5.41, 5.74) is 3.23. The van der Waals surface area contributed by atoms with E-state index in [1.807, 2.05) is 35.0 Å². The Kier molecular flexibility index (Phi) is 3.38. The van der Waals surface area contributed by atoms with Gasteiger partial charge in [-0.05, 0) is 16.3 Å². The lowest BCUT2D eigenvalue weighted by molar-refractivity contribution is 0.763. The van der Waals surface area contributed by atoms with E-state index in [0.717, 1.165) is 39.0 Å². The van der Waals surface area contributed by atoms with Crippen LogP contribution in [0.15, 0.2) is 83.1 Å². The first-order valence-corrected chi connectivity index (χ1v) is 9.08. The summed E-state index contributed by atoms with van der Waals surface area (Å²) >= 11 is 1.67. The summed E-state index contributed by atoms with van der Waals surface area (Å²) in [5, 5.41) is 16.8. The quantitative estimate of drug-likeness (QED) is 0.540. The topological polar surface area (TPSA) is 43.1 Å². The van der Waals surface area contributed by atoms with E-state index in [2.05, 4.69) is 52.7 Å². The van der Waals surface area contributed by atoms with E-state index in [1.165, 1.54) is 5.39 Å². The largest absolute Gasteiger partial charge is 0.212 e. The molecule has 1 aliphatic rings. The van der Waals surface area contributed by atoms with Crippen molar-refractivity contribution in [2.75, 3.05) is 5.75 Å². The number of nitrogens with zero attached hydrogens (tertiary/aromatic N) is 4. The van der Waals surface area contributed by atoms with E-state index in [4.69, 9.17) is 5.10 Å². The van der Waals surface area contributed by atoms with E-state index < -0.39 is 0 Å². The monoisotopic (exact) mass is 342 g/mol. The van der Waals surface area contributed by atoms with Crippen LogP contribution in [0.25, 0.3) is 22.2 Å². The summed E-state index contributed by atoms with van der Waals surface area (Å²) in [6.07, 6.45) is 0. The average molecular weight is 342 g/mol. The van der Waals surface area contributed by atoms with Crippen molar-refractivity contribution in [3.05, 3.63) is 78.4 Å². The smallest absolute Gasteiger partial charge is 0.186 e. The fourth-order valence-electron chi connectivity index (χ4n) is 3.09. The fourth-order valence-corrected chi connectivity index (χ4v) is 3.93. The number of thioether (sulfide) groups is 1. The Hall–Kier alpha value is -2.92. The molecule has 0 radical (unpaired) electrons. The van der Waals surface area contributed by atoms with Crippen molar-refractivity contribution in [3.8, 4) is 11.4 Å². The van der Waals surface area contributed by atoms with Crippen molar-refractivity contribution in [2.45, 2.75) is 5.16 Å². The van der Waals surface area contributed by atoms with Crippen molar-refractivity contribution >= 4 is 28.2 Å². The van der Waals surface area contributed by atoms with Gasteiger partial charge in [0.05, 0.1) is 5.71 Å². The first kappa shape index (κ1) is 14.4. The van der Waals surface area contributed by atoms with Crippen molar-refractivity contribution in [1.29, 1.82) is 0 Å². The van der Waals surface area contributed by atoms with Crippen LogP contribution in [0.1, 0.15) is 5.56 Å². The Labute approximate surface area is 149 Å². The minimum Gasteiger partial charge on any atom is -0.186 e. The van der Waals surface area contributed by atoms with Gasteiger partial charge in [0.25, 0.3) is 0 Å². The molecule has 4 aromatic rings. The second kappa shape index (κ2) is 5.86. The van der Waals surface area contributed by atoms with Crippen molar-refractivity contribution < 1.29 is 0 Å². The van der Waals surface area contributed by atoms with Gasteiger partial charge in [0.2, 0.25) is 5.16 Å². The summed E-state index contributed by atoms with van der Waals surface area (Å²) in [5.74, 6) is 1.59. The van der Waals surface area contributed by atoms with Crippen molar-refractivity contribution in [2.24, 2.45) is 5.10 Å². The van der Waals surface area contributed by atoms with E-state index in [-0.39, 0.29) is 0 Å². The summed E-state index contributed by atoms with van der Waals surface area (Å²) in [4.78, 5) is 0. The third-order valence-corrected chi connectivity index (χ3v) is 5.24. The highest BCUT2D eigenvalue weighted by Gasteiger charge is 2.21. The molecular weight excluding hydrogens is 328 g/mol. The van der Waals surface area contributed by atoms with Gasteiger partial charge in [0.15, 0.2) is 5.82 Å². The number of benzene rings is 3. The molecule has 4 nitrogen and oxygen atoms in total. The Morgan fingerprint density at radius 2 is 1.60 bits per heavy atom. The first-order valence-electron chi connectivity index (χ1n) is 8.10. The SMILES string of the molecule is c1ccc(C2=Nn3c(nnc3-c3cccc4ccccc34)SC2)cc1. The van der Waals surface area contributed by atoms with Crippen LogP contribution in [0.2, 0.25) is 0 Å². The second-order valence-electron chi connectivity index (χ2n) is 5.85. The maximum atomic E-state index is 4.85. The molecule has 1 aromatic heterocycles. The maximum Gasteiger partial charge on any atom is 0.212 e. The highest BCUT2D eigenvalue weighted by Crippen LogP contribution is 2.32. The van der Waals surface area contributed by atoms with E-state index >= 15 is 0 Å². The molecule has 5 heteroatoms. The number of hydrogen-bond acceptors (Lipinski definition) is 4. The van der Waals surface area contributed by atoms with Gasteiger partial charge < -0.3 is 0 Å². The normalized spacial score (nSPS) is 13.5. The number of rotatable bonds is 2. The fraction of sp³-hybridized carbons (Fsp3) is 0.0500. The third kappa shape index (κ3) is 2.44. The average Bonchev–Trinajstić information content (AvgIpc) is 3.11. The van der Waals surface area contributed by atoms with E-state index in [1.54, 1.807) is 11.8 Å². The van der Waals surface area contributed by atoms with Crippen LogP contribution >= 0.6 is 11.8 Å². The van der Waals surface area contributed by atoms with Crippen LogP contribution in [-0.4, -0.2) is 26.3 Å². The molecule has 1 aliphatic heterocycles. The third-order valence-electron chi connectivity index (χ3n) is 4.31. The standard InChI is InChI=1S/C20H14N4S/c1-2-8-15(9-3-1)18-13-25-20-22-21-19(24(20)23-18)17-12-6-10-14-7-4-5-11-16(14)17/h1-12H,13H2. The molecule has 3 aromatic carbocycles. The molecule has 2 heterocycles. The molecule has 25 heavy (non-hydrogen) atoms.